The molecule has 0 saturated heterocycles. The lowest BCUT2D eigenvalue weighted by atomic mass is 10.2. The van der Waals surface area contributed by atoms with Gasteiger partial charge in [0.15, 0.2) is 0 Å². The minimum Gasteiger partial charge on any atom is -0.382 e. The number of nitrogens with one attached hydrogen (secondary N) is 2. The molecule has 1 unspecified atom stereocenters. The van der Waals surface area contributed by atoms with Crippen molar-refractivity contribution in [3.05, 3.63) is 30.2 Å². The van der Waals surface area contributed by atoms with Gasteiger partial charge < -0.3 is 20.4 Å². The van der Waals surface area contributed by atoms with E-state index in [0.29, 0.717) is 12.4 Å². The van der Waals surface area contributed by atoms with Gasteiger partial charge in [0.1, 0.15) is 11.9 Å². The number of anilines is 1. The van der Waals surface area contributed by atoms with E-state index < -0.39 is 0 Å². The zero-order valence-corrected chi connectivity index (χ0v) is 8.40. The van der Waals surface area contributed by atoms with Crippen LogP contribution in [0.3, 0.4) is 0 Å². The summed E-state index contributed by atoms with van der Waals surface area (Å²) in [7, 11) is 0. The van der Waals surface area contributed by atoms with E-state index in [0.717, 1.165) is 11.4 Å². The lowest BCUT2D eigenvalue weighted by molar-refractivity contribution is 0.0865. The van der Waals surface area contributed by atoms with Gasteiger partial charge in [0.2, 0.25) is 0 Å². The van der Waals surface area contributed by atoms with Crippen molar-refractivity contribution in [3.63, 3.8) is 0 Å². The Labute approximate surface area is 86.9 Å². The molecule has 0 aliphatic rings. The molecule has 0 saturated carbocycles. The molecule has 0 aliphatic carbocycles. The van der Waals surface area contributed by atoms with Gasteiger partial charge in [-0.25, -0.2) is 9.97 Å². The minimum absolute atomic E-state index is 0.264. The summed E-state index contributed by atoms with van der Waals surface area (Å²) in [4.78, 5) is 13.9. The number of nitrogens with zero attached hydrogens (tertiary/aromatic N) is 2. The van der Waals surface area contributed by atoms with Crippen LogP contribution in [0.15, 0.2) is 18.9 Å². The topological polar surface area (TPSA) is 92.6 Å². The van der Waals surface area contributed by atoms with E-state index in [4.69, 9.17) is 10.5 Å². The third kappa shape index (κ3) is 1.84. The molecular weight excluding hydrogens is 194 g/mol. The van der Waals surface area contributed by atoms with E-state index in [1.165, 1.54) is 0 Å². The Hall–Kier alpha value is -1.82. The average molecular weight is 207 g/mol. The number of aromatic amines is 2. The van der Waals surface area contributed by atoms with Crippen LogP contribution >= 0.6 is 0 Å². The first-order valence-corrected chi connectivity index (χ1v) is 4.71. The molecule has 4 N–H and O–H groups in total. The van der Waals surface area contributed by atoms with Gasteiger partial charge in [0.25, 0.3) is 0 Å². The van der Waals surface area contributed by atoms with Crippen molar-refractivity contribution in [1.82, 2.24) is 19.9 Å². The van der Waals surface area contributed by atoms with Crippen molar-refractivity contribution in [3.8, 4) is 0 Å². The minimum atomic E-state index is -0.264. The molecule has 0 aromatic carbocycles. The first kappa shape index (κ1) is 9.72. The number of nitrogens with two attached hydrogens (primary N) is 1. The smallest absolute Gasteiger partial charge is 0.147 e. The number of ether oxygens (including phenoxy) is 1. The fourth-order valence-electron chi connectivity index (χ4n) is 1.43. The van der Waals surface area contributed by atoms with Gasteiger partial charge >= 0.3 is 0 Å². The SMILES string of the molecule is CCOC(c1cnc[nH]1)c1[nH]cnc1N. The molecular formula is C9H13N5O. The Morgan fingerprint density at radius 2 is 2.33 bits per heavy atom. The van der Waals surface area contributed by atoms with Gasteiger partial charge in [0.05, 0.1) is 30.2 Å². The fraction of sp³-hybridized carbons (Fsp3) is 0.333. The van der Waals surface area contributed by atoms with Crippen molar-refractivity contribution >= 4 is 5.82 Å². The van der Waals surface area contributed by atoms with Gasteiger partial charge in [-0.2, -0.15) is 0 Å². The molecule has 0 amide bonds. The third-order valence-electron chi connectivity index (χ3n) is 2.10. The van der Waals surface area contributed by atoms with E-state index in [1.54, 1.807) is 18.9 Å². The Morgan fingerprint density at radius 1 is 1.47 bits per heavy atom. The Kier molecular flexibility index (Phi) is 2.68. The molecule has 6 nitrogen and oxygen atoms in total. The second kappa shape index (κ2) is 4.14. The first-order chi connectivity index (χ1) is 7.33. The summed E-state index contributed by atoms with van der Waals surface area (Å²) in [6, 6.07) is 0. The van der Waals surface area contributed by atoms with Crippen molar-refractivity contribution in [1.29, 1.82) is 0 Å². The fourth-order valence-corrected chi connectivity index (χ4v) is 1.43. The van der Waals surface area contributed by atoms with Crippen LogP contribution in [0, 0.1) is 0 Å². The van der Waals surface area contributed by atoms with E-state index in [9.17, 15) is 0 Å². The van der Waals surface area contributed by atoms with E-state index in [1.807, 2.05) is 6.92 Å². The normalized spacial score (nSPS) is 12.9. The molecule has 0 spiro atoms. The molecule has 0 radical (unpaired) electrons. The zero-order chi connectivity index (χ0) is 10.7. The van der Waals surface area contributed by atoms with Gasteiger partial charge in [-0.05, 0) is 6.92 Å². The second-order valence-corrected chi connectivity index (χ2v) is 3.04. The molecule has 6 heteroatoms. The largest absolute Gasteiger partial charge is 0.382 e. The molecule has 2 aromatic rings. The highest BCUT2D eigenvalue weighted by molar-refractivity contribution is 5.38. The van der Waals surface area contributed by atoms with Crippen LogP contribution in [0.4, 0.5) is 5.82 Å². The number of nitrogen functional groups attached to an aromatic ring is 1. The summed E-state index contributed by atoms with van der Waals surface area (Å²) in [5.74, 6) is 0.447. The highest BCUT2D eigenvalue weighted by Crippen LogP contribution is 2.25. The number of hydrogen-bond acceptors (Lipinski definition) is 4. The van der Waals surface area contributed by atoms with Crippen LogP contribution in [0.1, 0.15) is 24.4 Å². The third-order valence-corrected chi connectivity index (χ3v) is 2.10. The Balaban J connectivity index is 2.32. The van der Waals surface area contributed by atoms with Crippen molar-refractivity contribution in [2.24, 2.45) is 0 Å². The first-order valence-electron chi connectivity index (χ1n) is 4.71. The average Bonchev–Trinajstić information content (AvgIpc) is 2.85. The highest BCUT2D eigenvalue weighted by atomic mass is 16.5. The number of rotatable bonds is 4. The lowest BCUT2D eigenvalue weighted by Gasteiger charge is -2.14. The van der Waals surface area contributed by atoms with Crippen molar-refractivity contribution in [2.75, 3.05) is 12.3 Å². The summed E-state index contributed by atoms with van der Waals surface area (Å²) in [6.07, 6.45) is 4.60. The molecule has 0 aliphatic heterocycles. The molecule has 2 rings (SSSR count). The Morgan fingerprint density at radius 3 is 2.87 bits per heavy atom. The molecule has 15 heavy (non-hydrogen) atoms. The quantitative estimate of drug-likeness (QED) is 0.692. The highest BCUT2D eigenvalue weighted by Gasteiger charge is 2.19. The van der Waals surface area contributed by atoms with Gasteiger partial charge in [-0.3, -0.25) is 0 Å². The lowest BCUT2D eigenvalue weighted by Crippen LogP contribution is -2.09. The summed E-state index contributed by atoms with van der Waals surface area (Å²) in [5, 5.41) is 0. The summed E-state index contributed by atoms with van der Waals surface area (Å²) in [5.41, 5.74) is 7.33. The molecule has 2 aromatic heterocycles. The molecule has 2 heterocycles. The predicted molar refractivity (Wildman–Crippen MR) is 55.1 cm³/mol. The van der Waals surface area contributed by atoms with Gasteiger partial charge in [-0.15, -0.1) is 0 Å². The van der Waals surface area contributed by atoms with Crippen molar-refractivity contribution in [2.45, 2.75) is 13.0 Å². The number of hydrogen-bond donors (Lipinski definition) is 3. The number of aromatic nitrogens is 4. The van der Waals surface area contributed by atoms with Crippen LogP contribution in [0.25, 0.3) is 0 Å². The van der Waals surface area contributed by atoms with Crippen LogP contribution in [-0.4, -0.2) is 26.5 Å². The van der Waals surface area contributed by atoms with E-state index >= 15 is 0 Å². The molecule has 0 bridgehead atoms. The van der Waals surface area contributed by atoms with Crippen LogP contribution in [0.5, 0.6) is 0 Å². The van der Waals surface area contributed by atoms with Crippen LogP contribution < -0.4 is 5.73 Å². The molecule has 0 fully saturated rings. The summed E-state index contributed by atoms with van der Waals surface area (Å²) in [6.45, 7) is 2.51. The summed E-state index contributed by atoms with van der Waals surface area (Å²) >= 11 is 0. The maximum Gasteiger partial charge on any atom is 0.147 e. The monoisotopic (exact) mass is 207 g/mol. The van der Waals surface area contributed by atoms with Crippen LogP contribution in [0.2, 0.25) is 0 Å². The molecule has 1 atom stereocenters. The maximum absolute atomic E-state index is 5.72. The summed E-state index contributed by atoms with van der Waals surface area (Å²) < 4.78 is 5.59. The number of H-pyrrole nitrogens is 2. The number of imidazole rings is 2. The maximum atomic E-state index is 5.72. The second-order valence-electron chi connectivity index (χ2n) is 3.04. The standard InChI is InChI=1S/C9H13N5O/c1-2-15-8(6-3-11-4-12-6)7-9(10)14-5-13-7/h3-5,8H,2,10H2,1H3,(H,11,12)(H,13,14). The van der Waals surface area contributed by atoms with Crippen molar-refractivity contribution < 1.29 is 4.74 Å². The predicted octanol–water partition coefficient (Wildman–Crippen LogP) is 0.841. The zero-order valence-electron chi connectivity index (χ0n) is 8.40. The van der Waals surface area contributed by atoms with E-state index in [-0.39, 0.29) is 6.10 Å². The molecule has 80 valence electrons. The van der Waals surface area contributed by atoms with E-state index in [2.05, 4.69) is 19.9 Å². The van der Waals surface area contributed by atoms with Gasteiger partial charge in [-0.1, -0.05) is 0 Å². The van der Waals surface area contributed by atoms with Crippen LogP contribution in [-0.2, 0) is 4.74 Å². The van der Waals surface area contributed by atoms with Gasteiger partial charge in [0, 0.05) is 6.61 Å². The Bertz CT molecular complexity index is 408.